The van der Waals surface area contributed by atoms with Gasteiger partial charge >= 0.3 is 45.1 Å². The maximum absolute atomic E-state index is 7.17. The van der Waals surface area contributed by atoms with Crippen LogP contribution in [0.15, 0.2) is 0 Å². The van der Waals surface area contributed by atoms with Crippen LogP contribution in [0.2, 0.25) is 0 Å². The van der Waals surface area contributed by atoms with Gasteiger partial charge in [0.15, 0.2) is 0 Å². The second kappa shape index (κ2) is 5.20. The fourth-order valence-electron chi connectivity index (χ4n) is 0. The predicted octanol–water partition coefficient (Wildman–Crippen LogP) is -2.21. The molecule has 0 bridgehead atoms. The van der Waals surface area contributed by atoms with Crippen LogP contribution in [0.25, 0.3) is 0 Å². The zero-order valence-electron chi connectivity index (χ0n) is 4.63. The van der Waals surface area contributed by atoms with Gasteiger partial charge in [0.1, 0.15) is 0 Å². The molecule has 3 N–H and O–H groups in total. The third-order valence-electron chi connectivity index (χ3n) is 0. The van der Waals surface area contributed by atoms with Crippen LogP contribution in [0.3, 0.4) is 0 Å². The first-order chi connectivity index (χ1) is 1.73. The Bertz CT molecular complexity index is 17.7. The summed E-state index contributed by atoms with van der Waals surface area (Å²) in [5.74, 6) is 0. The van der Waals surface area contributed by atoms with Gasteiger partial charge in [0.25, 0.3) is 0 Å². The molecule has 0 aliphatic heterocycles. The molecule has 0 fully saturated rings. The zero-order chi connectivity index (χ0) is 3.58. The van der Waals surface area contributed by atoms with E-state index in [0.717, 1.165) is 0 Å². The molecule has 0 heterocycles. The van der Waals surface area contributed by atoms with Crippen molar-refractivity contribution in [3.8, 4) is 0 Å². The van der Waals surface area contributed by atoms with Crippen LogP contribution in [0.4, 0.5) is 0 Å². The third kappa shape index (κ3) is 36.8. The first kappa shape index (κ1) is 9.51. The third-order valence-corrected chi connectivity index (χ3v) is 0. The van der Waals surface area contributed by atoms with Crippen molar-refractivity contribution in [2.45, 2.75) is 0 Å². The average Bonchev–Trinajstić information content (AvgIpc) is 0.811. The number of rotatable bonds is 0. The summed E-state index contributed by atoms with van der Waals surface area (Å²) in [5.41, 5.74) is 0. The van der Waals surface area contributed by atoms with E-state index in [2.05, 4.69) is 0 Å². The van der Waals surface area contributed by atoms with Crippen molar-refractivity contribution < 1.29 is 17.9 Å². The van der Waals surface area contributed by atoms with E-state index in [1.807, 2.05) is 0 Å². The summed E-state index contributed by atoms with van der Waals surface area (Å²) in [7, 11) is -2.17. The average molecular weight is 104 g/mol. The Morgan fingerprint density at radius 3 is 1.20 bits per heavy atom. The molecule has 0 atom stereocenters. The summed E-state index contributed by atoms with van der Waals surface area (Å²) < 4.78 is 0. The van der Waals surface area contributed by atoms with E-state index < -0.39 is 7.32 Å². The van der Waals surface area contributed by atoms with Crippen molar-refractivity contribution in [2.75, 3.05) is 0 Å². The van der Waals surface area contributed by atoms with Crippen LogP contribution in [0.5, 0.6) is 0 Å². The molecule has 0 amide bonds. The molecule has 0 spiro atoms. The molecule has 0 unspecified atom stereocenters. The van der Waals surface area contributed by atoms with Crippen molar-refractivity contribution in [3.63, 3.8) is 0 Å². The van der Waals surface area contributed by atoms with E-state index in [-0.39, 0.29) is 40.6 Å². The Labute approximate surface area is 62.8 Å². The van der Waals surface area contributed by atoms with Gasteiger partial charge in [-0.05, 0) is 0 Å². The maximum Gasteiger partial charge on any atom is 2.00 e. The van der Waals surface area contributed by atoms with Crippen molar-refractivity contribution >= 4 is 45.1 Å². The molecule has 0 saturated heterocycles. The van der Waals surface area contributed by atoms with Gasteiger partial charge in [-0.25, -0.2) is 0 Å². The van der Waals surface area contributed by atoms with E-state index in [1.165, 1.54) is 0 Å². The second-order valence-corrected chi connectivity index (χ2v) is 0.346. The minimum absolute atomic E-state index is 0. The van der Waals surface area contributed by atoms with Crippen molar-refractivity contribution in [3.05, 3.63) is 0 Å². The fraction of sp³-hybridized carbons (Fsp3) is 0. The van der Waals surface area contributed by atoms with Gasteiger partial charge in [0, 0.05) is 0 Å². The molecule has 0 saturated carbocycles. The fourth-order valence-corrected chi connectivity index (χ4v) is 0. The van der Waals surface area contributed by atoms with Gasteiger partial charge < -0.3 is 17.9 Å². The molecule has 28 valence electrons. The molecule has 0 aromatic carbocycles. The van der Waals surface area contributed by atoms with Crippen LogP contribution >= 0.6 is 0 Å². The molecule has 0 aromatic rings. The van der Waals surface area contributed by atoms with Crippen LogP contribution in [0, 0.1) is 0 Å². The molecular formula is H5BCaO3. The first-order valence-electron chi connectivity index (χ1n) is 0.775. The normalized spacial score (nSPS) is 5.40. The number of hydrogen-bond acceptors (Lipinski definition) is 3. The van der Waals surface area contributed by atoms with Crippen LogP contribution < -0.4 is 0 Å². The molecule has 0 radical (unpaired) electrons. The Morgan fingerprint density at radius 1 is 1.20 bits per heavy atom. The minimum atomic E-state index is -2.17. The molecule has 3 nitrogen and oxygen atoms in total. The quantitative estimate of drug-likeness (QED) is 0.305. The molecule has 0 aromatic heterocycles. The molecular weight excluding hydrogens is 98.9 g/mol. The molecule has 5 heteroatoms. The van der Waals surface area contributed by atoms with E-state index >= 15 is 0 Å². The summed E-state index contributed by atoms with van der Waals surface area (Å²) in [6.45, 7) is 0. The van der Waals surface area contributed by atoms with Crippen LogP contribution in [-0.4, -0.2) is 60.1 Å². The second-order valence-electron chi connectivity index (χ2n) is 0.346. The Kier molecular flexibility index (Phi) is 9.90. The van der Waals surface area contributed by atoms with Crippen molar-refractivity contribution in [2.24, 2.45) is 0 Å². The topological polar surface area (TPSA) is 60.7 Å². The van der Waals surface area contributed by atoms with E-state index in [4.69, 9.17) is 15.1 Å². The molecule has 0 rings (SSSR count). The Hall–Kier alpha value is 1.20. The smallest absolute Gasteiger partial charge is 1.00 e. The zero-order valence-corrected chi connectivity index (χ0v) is 4.83. The molecule has 0 aliphatic carbocycles. The predicted molar refractivity (Wildman–Crippen MR) is 20.4 cm³/mol. The summed E-state index contributed by atoms with van der Waals surface area (Å²) in [6.07, 6.45) is 0. The number of hydrogen-bond donors (Lipinski definition) is 3. The summed E-state index contributed by atoms with van der Waals surface area (Å²) in [5, 5.41) is 21.5. The van der Waals surface area contributed by atoms with E-state index in [1.54, 1.807) is 0 Å². The van der Waals surface area contributed by atoms with Gasteiger partial charge in [-0.1, -0.05) is 0 Å². The molecule has 0 aliphatic rings. The van der Waals surface area contributed by atoms with Crippen LogP contribution in [-0.2, 0) is 0 Å². The van der Waals surface area contributed by atoms with Gasteiger partial charge in [-0.3, -0.25) is 0 Å². The Balaban J connectivity index is -0.0000000150. The largest absolute Gasteiger partial charge is 2.00 e. The van der Waals surface area contributed by atoms with Crippen molar-refractivity contribution in [1.82, 2.24) is 0 Å². The maximum atomic E-state index is 7.17. The Morgan fingerprint density at radius 2 is 1.20 bits per heavy atom. The van der Waals surface area contributed by atoms with Gasteiger partial charge in [-0.15, -0.1) is 0 Å². The SMILES string of the molecule is OB(O)O.[Ca+2].[H-].[H-]. The molecule has 5 heavy (non-hydrogen) atoms. The van der Waals surface area contributed by atoms with Gasteiger partial charge in [-0.2, -0.15) is 0 Å². The van der Waals surface area contributed by atoms with Gasteiger partial charge in [0.05, 0.1) is 0 Å². The first-order valence-corrected chi connectivity index (χ1v) is 0.775. The summed E-state index contributed by atoms with van der Waals surface area (Å²) >= 11 is 0. The van der Waals surface area contributed by atoms with E-state index in [0.29, 0.717) is 0 Å². The summed E-state index contributed by atoms with van der Waals surface area (Å²) in [4.78, 5) is 0. The monoisotopic (exact) mass is 104 g/mol. The van der Waals surface area contributed by atoms with Gasteiger partial charge in [0.2, 0.25) is 0 Å². The van der Waals surface area contributed by atoms with Crippen LogP contribution in [0.1, 0.15) is 2.85 Å². The summed E-state index contributed by atoms with van der Waals surface area (Å²) in [6, 6.07) is 0. The minimum Gasteiger partial charge on any atom is -1.00 e. The standard InChI is InChI=1S/BH3O3.Ca.2H/c2-1(3)4;;;/h2-4H;;;/q;+2;2*-1. The van der Waals surface area contributed by atoms with E-state index in [9.17, 15) is 0 Å². The van der Waals surface area contributed by atoms with Crippen molar-refractivity contribution in [1.29, 1.82) is 0 Å².